The van der Waals surface area contributed by atoms with Gasteiger partial charge in [-0.3, -0.25) is 0 Å². The van der Waals surface area contributed by atoms with E-state index < -0.39 is 0 Å². The third-order valence-corrected chi connectivity index (χ3v) is 4.69. The van der Waals surface area contributed by atoms with Gasteiger partial charge in [0.05, 0.1) is 0 Å². The number of nitrogens with zero attached hydrogens (tertiary/aromatic N) is 3. The third kappa shape index (κ3) is 2.82. The minimum atomic E-state index is -0.119. The Morgan fingerprint density at radius 1 is 1.40 bits per heavy atom. The van der Waals surface area contributed by atoms with Gasteiger partial charge in [0.25, 0.3) is 0 Å². The van der Waals surface area contributed by atoms with E-state index in [4.69, 9.17) is 0 Å². The van der Waals surface area contributed by atoms with E-state index in [-0.39, 0.29) is 5.82 Å². The van der Waals surface area contributed by atoms with Crippen molar-refractivity contribution < 1.29 is 4.39 Å². The van der Waals surface area contributed by atoms with Crippen LogP contribution in [0.2, 0.25) is 0 Å². The lowest BCUT2D eigenvalue weighted by atomic mass is 9.97. The topological polar surface area (TPSA) is 29.0 Å². The molecule has 1 fully saturated rings. The SMILES string of the molecule is Cc1nsc(N2CCC(Cc3ccc(F)c(C)c3)C2)n1. The highest BCUT2D eigenvalue weighted by Crippen LogP contribution is 2.27. The van der Waals surface area contributed by atoms with Gasteiger partial charge in [-0.05, 0) is 49.8 Å². The van der Waals surface area contributed by atoms with Crippen molar-refractivity contribution in [3.8, 4) is 0 Å². The summed E-state index contributed by atoms with van der Waals surface area (Å²) in [6, 6.07) is 5.44. The fourth-order valence-electron chi connectivity index (χ4n) is 2.75. The summed E-state index contributed by atoms with van der Waals surface area (Å²) < 4.78 is 17.5. The average molecular weight is 291 g/mol. The van der Waals surface area contributed by atoms with E-state index in [9.17, 15) is 4.39 Å². The Balaban J connectivity index is 1.64. The van der Waals surface area contributed by atoms with Crippen LogP contribution < -0.4 is 4.90 Å². The van der Waals surface area contributed by atoms with Crippen LogP contribution in [0.3, 0.4) is 0 Å². The summed E-state index contributed by atoms with van der Waals surface area (Å²) in [5.74, 6) is 1.35. The fourth-order valence-corrected chi connectivity index (χ4v) is 3.46. The molecule has 0 amide bonds. The number of hydrogen-bond acceptors (Lipinski definition) is 4. The Hall–Kier alpha value is -1.49. The summed E-state index contributed by atoms with van der Waals surface area (Å²) in [6.45, 7) is 5.81. The van der Waals surface area contributed by atoms with Crippen LogP contribution >= 0.6 is 11.5 Å². The van der Waals surface area contributed by atoms with E-state index in [0.717, 1.165) is 42.5 Å². The molecule has 1 aliphatic heterocycles. The predicted octanol–water partition coefficient (Wildman–Crippen LogP) is 3.36. The van der Waals surface area contributed by atoms with Gasteiger partial charge in [0, 0.05) is 24.6 Å². The first kappa shape index (κ1) is 13.5. The normalized spacial score (nSPS) is 18.8. The molecule has 2 heterocycles. The minimum absolute atomic E-state index is 0.119. The van der Waals surface area contributed by atoms with E-state index in [1.807, 2.05) is 26.0 Å². The summed E-state index contributed by atoms with van der Waals surface area (Å²) in [5, 5.41) is 1.03. The van der Waals surface area contributed by atoms with Crippen molar-refractivity contribution in [2.24, 2.45) is 5.92 Å². The number of aromatic nitrogens is 2. The molecule has 20 heavy (non-hydrogen) atoms. The molecule has 3 nitrogen and oxygen atoms in total. The van der Waals surface area contributed by atoms with Gasteiger partial charge in [-0.15, -0.1) is 0 Å². The fraction of sp³-hybridized carbons (Fsp3) is 0.467. The van der Waals surface area contributed by atoms with Crippen molar-refractivity contribution >= 4 is 16.7 Å². The summed E-state index contributed by atoms with van der Waals surface area (Å²) in [6.07, 6.45) is 2.17. The highest BCUT2D eigenvalue weighted by Gasteiger charge is 2.25. The Bertz CT molecular complexity index is 611. The average Bonchev–Trinajstić information content (AvgIpc) is 3.03. The molecule has 5 heteroatoms. The monoisotopic (exact) mass is 291 g/mol. The molecule has 106 valence electrons. The minimum Gasteiger partial charge on any atom is -0.347 e. The molecule has 1 atom stereocenters. The van der Waals surface area contributed by atoms with Crippen molar-refractivity contribution in [1.82, 2.24) is 9.36 Å². The number of anilines is 1. The van der Waals surface area contributed by atoms with Gasteiger partial charge in [-0.1, -0.05) is 12.1 Å². The van der Waals surface area contributed by atoms with Crippen molar-refractivity contribution in [3.05, 3.63) is 41.0 Å². The van der Waals surface area contributed by atoms with Gasteiger partial charge >= 0.3 is 0 Å². The third-order valence-electron chi connectivity index (χ3n) is 3.82. The Morgan fingerprint density at radius 3 is 2.95 bits per heavy atom. The van der Waals surface area contributed by atoms with Crippen LogP contribution in [0, 0.1) is 25.6 Å². The standard InChI is InChI=1S/C15H18FN3S/c1-10-7-12(3-4-14(10)16)8-13-5-6-19(9-13)15-17-11(2)18-20-15/h3-4,7,13H,5-6,8-9H2,1-2H3. The molecule has 0 bridgehead atoms. The van der Waals surface area contributed by atoms with Gasteiger partial charge in [0.1, 0.15) is 11.6 Å². The van der Waals surface area contributed by atoms with Crippen LogP contribution in [0.15, 0.2) is 18.2 Å². The molecule has 1 aromatic heterocycles. The summed E-state index contributed by atoms with van der Waals surface area (Å²) in [5.41, 5.74) is 1.96. The second-order valence-electron chi connectivity index (χ2n) is 5.51. The van der Waals surface area contributed by atoms with Crippen LogP contribution in [0.1, 0.15) is 23.4 Å². The van der Waals surface area contributed by atoms with Gasteiger partial charge in [-0.25, -0.2) is 9.37 Å². The van der Waals surface area contributed by atoms with Crippen LogP contribution in [-0.2, 0) is 6.42 Å². The largest absolute Gasteiger partial charge is 0.347 e. The molecule has 0 saturated carbocycles. The van der Waals surface area contributed by atoms with E-state index in [0.29, 0.717) is 5.92 Å². The molecule has 1 unspecified atom stereocenters. The van der Waals surface area contributed by atoms with E-state index in [1.54, 1.807) is 6.07 Å². The maximum Gasteiger partial charge on any atom is 0.205 e. The van der Waals surface area contributed by atoms with Crippen molar-refractivity contribution in [1.29, 1.82) is 0 Å². The lowest BCUT2D eigenvalue weighted by molar-refractivity contribution is 0.581. The smallest absolute Gasteiger partial charge is 0.205 e. The number of aryl methyl sites for hydroxylation is 2. The van der Waals surface area contributed by atoms with Crippen LogP contribution in [0.5, 0.6) is 0 Å². The predicted molar refractivity (Wildman–Crippen MR) is 79.8 cm³/mol. The van der Waals surface area contributed by atoms with Crippen molar-refractivity contribution in [2.75, 3.05) is 18.0 Å². The zero-order valence-electron chi connectivity index (χ0n) is 11.8. The highest BCUT2D eigenvalue weighted by molar-refractivity contribution is 7.09. The second-order valence-corrected chi connectivity index (χ2v) is 6.24. The van der Waals surface area contributed by atoms with E-state index in [1.165, 1.54) is 17.1 Å². The molecule has 1 saturated heterocycles. The van der Waals surface area contributed by atoms with Crippen molar-refractivity contribution in [2.45, 2.75) is 26.7 Å². The molecule has 0 aliphatic carbocycles. The van der Waals surface area contributed by atoms with Crippen LogP contribution in [0.25, 0.3) is 0 Å². The first-order valence-electron chi connectivity index (χ1n) is 6.92. The number of hydrogen-bond donors (Lipinski definition) is 0. The highest BCUT2D eigenvalue weighted by atomic mass is 32.1. The molecule has 0 N–H and O–H groups in total. The second kappa shape index (κ2) is 5.48. The van der Waals surface area contributed by atoms with Gasteiger partial charge in [0.15, 0.2) is 0 Å². The maximum absolute atomic E-state index is 13.3. The van der Waals surface area contributed by atoms with E-state index in [2.05, 4.69) is 14.3 Å². The molecule has 1 aliphatic rings. The van der Waals surface area contributed by atoms with E-state index >= 15 is 0 Å². The molecule has 3 rings (SSSR count). The first-order valence-corrected chi connectivity index (χ1v) is 7.69. The zero-order valence-corrected chi connectivity index (χ0v) is 12.6. The number of halogens is 1. The molecule has 2 aromatic rings. The van der Waals surface area contributed by atoms with Crippen LogP contribution in [0.4, 0.5) is 9.52 Å². The summed E-state index contributed by atoms with van der Waals surface area (Å²) >= 11 is 1.47. The summed E-state index contributed by atoms with van der Waals surface area (Å²) in [4.78, 5) is 6.75. The number of benzene rings is 1. The summed E-state index contributed by atoms with van der Waals surface area (Å²) in [7, 11) is 0. The molecule has 1 aromatic carbocycles. The Kier molecular flexibility index (Phi) is 3.70. The lowest BCUT2D eigenvalue weighted by Crippen LogP contribution is -2.20. The van der Waals surface area contributed by atoms with Gasteiger partial charge in [0.2, 0.25) is 5.13 Å². The molecule has 0 radical (unpaired) electrons. The molecular weight excluding hydrogens is 273 g/mol. The molecule has 0 spiro atoms. The quantitative estimate of drug-likeness (QED) is 0.868. The number of rotatable bonds is 3. The van der Waals surface area contributed by atoms with Gasteiger partial charge in [-0.2, -0.15) is 4.37 Å². The Labute approximate surface area is 122 Å². The Morgan fingerprint density at radius 2 is 2.25 bits per heavy atom. The zero-order chi connectivity index (χ0) is 14.1. The van der Waals surface area contributed by atoms with Crippen LogP contribution in [-0.4, -0.2) is 22.4 Å². The first-order chi connectivity index (χ1) is 9.61. The lowest BCUT2D eigenvalue weighted by Gasteiger charge is -2.14. The molecular formula is C15H18FN3S. The van der Waals surface area contributed by atoms with Crippen molar-refractivity contribution in [3.63, 3.8) is 0 Å². The maximum atomic E-state index is 13.3. The van der Waals surface area contributed by atoms with Gasteiger partial charge < -0.3 is 4.90 Å².